The van der Waals surface area contributed by atoms with Crippen LogP contribution < -0.4 is 10.1 Å². The maximum absolute atomic E-state index is 11.7. The van der Waals surface area contributed by atoms with Crippen LogP contribution in [0.15, 0.2) is 30.6 Å². The number of carbonyl (C=O) groups is 1. The lowest BCUT2D eigenvalue weighted by atomic mass is 10.1. The number of amides is 1. The highest BCUT2D eigenvalue weighted by Crippen LogP contribution is 2.29. The van der Waals surface area contributed by atoms with E-state index in [9.17, 15) is 4.79 Å². The zero-order valence-electron chi connectivity index (χ0n) is 13.9. The number of cyclic esters (lactones) is 1. The number of aromatic amines is 1. The van der Waals surface area contributed by atoms with Crippen LogP contribution in [0.2, 0.25) is 0 Å². The van der Waals surface area contributed by atoms with E-state index in [1.54, 1.807) is 10.9 Å². The summed E-state index contributed by atoms with van der Waals surface area (Å²) < 4.78 is 12.8. The van der Waals surface area contributed by atoms with Gasteiger partial charge in [-0.3, -0.25) is 9.78 Å². The number of ether oxygens (including phenoxy) is 2. The fourth-order valence-electron chi connectivity index (χ4n) is 2.78. The first kappa shape index (κ1) is 15.5. The van der Waals surface area contributed by atoms with Crippen molar-refractivity contribution >= 4 is 17.0 Å². The molecule has 3 aromatic rings. The predicted octanol–water partition coefficient (Wildman–Crippen LogP) is 2.50. The van der Waals surface area contributed by atoms with Crippen LogP contribution in [-0.2, 0) is 4.74 Å². The van der Waals surface area contributed by atoms with E-state index >= 15 is 0 Å². The zero-order valence-corrected chi connectivity index (χ0v) is 13.9. The fraction of sp³-hybridized carbons (Fsp3) is 0.353. The largest absolute Gasteiger partial charge is 0.494 e. The number of alkyl carbamates (subject to hydrolysis) is 1. The lowest BCUT2D eigenvalue weighted by Crippen LogP contribution is -2.28. The van der Waals surface area contributed by atoms with Gasteiger partial charge < -0.3 is 14.8 Å². The van der Waals surface area contributed by atoms with Gasteiger partial charge in [0, 0.05) is 23.7 Å². The highest BCUT2D eigenvalue weighted by molar-refractivity contribution is 5.93. The molecule has 130 valence electrons. The molecule has 8 heteroatoms. The van der Waals surface area contributed by atoms with E-state index in [1.807, 2.05) is 31.3 Å². The Bertz CT molecular complexity index is 901. The van der Waals surface area contributed by atoms with Crippen molar-refractivity contribution in [1.29, 1.82) is 0 Å². The minimum atomic E-state index is -0.428. The average molecular weight is 341 g/mol. The van der Waals surface area contributed by atoms with Gasteiger partial charge in [0.2, 0.25) is 0 Å². The molecule has 25 heavy (non-hydrogen) atoms. The van der Waals surface area contributed by atoms with E-state index in [4.69, 9.17) is 9.47 Å². The molecule has 0 fully saturated rings. The number of nitrogens with zero attached hydrogens (tertiary/aromatic N) is 3. The number of aromatic nitrogens is 4. The number of hydrogen-bond donors (Lipinski definition) is 2. The number of rotatable bonds is 0. The summed E-state index contributed by atoms with van der Waals surface area (Å²) in [6.45, 7) is 3.20. The Morgan fingerprint density at radius 3 is 3.16 bits per heavy atom. The van der Waals surface area contributed by atoms with Crippen LogP contribution >= 0.6 is 0 Å². The van der Waals surface area contributed by atoms with Crippen molar-refractivity contribution in [2.24, 2.45) is 0 Å². The Hall–Kier alpha value is -3.03. The van der Waals surface area contributed by atoms with Gasteiger partial charge in [-0.2, -0.15) is 10.2 Å². The van der Waals surface area contributed by atoms with E-state index in [1.165, 1.54) is 0 Å². The monoisotopic (exact) mass is 341 g/mol. The second-order valence-corrected chi connectivity index (χ2v) is 6.06. The van der Waals surface area contributed by atoms with Crippen LogP contribution in [0.4, 0.5) is 4.79 Å². The molecule has 1 aliphatic rings. The van der Waals surface area contributed by atoms with E-state index in [-0.39, 0.29) is 12.6 Å². The Balaban J connectivity index is 1.72. The Morgan fingerprint density at radius 1 is 1.32 bits per heavy atom. The van der Waals surface area contributed by atoms with Crippen LogP contribution in [-0.4, -0.2) is 45.8 Å². The summed E-state index contributed by atoms with van der Waals surface area (Å²) in [6, 6.07) is 5.76. The van der Waals surface area contributed by atoms with Crippen molar-refractivity contribution < 1.29 is 14.3 Å². The molecule has 1 unspecified atom stereocenters. The minimum Gasteiger partial charge on any atom is -0.494 e. The van der Waals surface area contributed by atoms with Gasteiger partial charge in [-0.05, 0) is 31.5 Å². The van der Waals surface area contributed by atoms with Crippen molar-refractivity contribution in [1.82, 2.24) is 25.3 Å². The molecule has 0 aliphatic carbocycles. The van der Waals surface area contributed by atoms with Crippen LogP contribution in [0.1, 0.15) is 19.4 Å². The molecule has 1 aromatic carbocycles. The molecular formula is C17H19N5O3. The molecule has 2 N–H and O–H groups in total. The number of nitrogens with one attached hydrogen (secondary N) is 2. The van der Waals surface area contributed by atoms with Gasteiger partial charge in [0.05, 0.1) is 24.4 Å². The first-order valence-electron chi connectivity index (χ1n) is 8.27. The maximum atomic E-state index is 11.7. The predicted molar refractivity (Wildman–Crippen MR) is 91.5 cm³/mol. The maximum Gasteiger partial charge on any atom is 0.407 e. The first-order valence-corrected chi connectivity index (χ1v) is 8.27. The molecule has 1 atom stereocenters. The first-order chi connectivity index (χ1) is 12.2. The van der Waals surface area contributed by atoms with Crippen LogP contribution in [0.3, 0.4) is 0 Å². The van der Waals surface area contributed by atoms with Crippen LogP contribution in [0.5, 0.6) is 5.75 Å². The normalized spacial score (nSPS) is 18.6. The Kier molecular flexibility index (Phi) is 4.01. The third kappa shape index (κ3) is 3.15. The lowest BCUT2D eigenvalue weighted by molar-refractivity contribution is 0.128. The van der Waals surface area contributed by atoms with E-state index in [2.05, 4.69) is 20.6 Å². The Labute approximate surface area is 144 Å². The van der Waals surface area contributed by atoms with Crippen molar-refractivity contribution in [3.8, 4) is 17.0 Å². The molecule has 2 aromatic heterocycles. The van der Waals surface area contributed by atoms with Crippen LogP contribution in [0, 0.1) is 0 Å². The summed E-state index contributed by atoms with van der Waals surface area (Å²) in [6.07, 6.45) is 3.93. The van der Waals surface area contributed by atoms with Gasteiger partial charge in [-0.15, -0.1) is 0 Å². The van der Waals surface area contributed by atoms with Gasteiger partial charge in [-0.25, -0.2) is 4.79 Å². The summed E-state index contributed by atoms with van der Waals surface area (Å²) in [5.74, 6) is 0.769. The molecule has 0 spiro atoms. The summed E-state index contributed by atoms with van der Waals surface area (Å²) in [7, 11) is 0. The summed E-state index contributed by atoms with van der Waals surface area (Å²) >= 11 is 0. The molecule has 3 heterocycles. The molecule has 4 rings (SSSR count). The third-order valence-corrected chi connectivity index (χ3v) is 4.18. The molecule has 8 nitrogen and oxygen atoms in total. The van der Waals surface area contributed by atoms with Crippen LogP contribution in [0.25, 0.3) is 22.2 Å². The van der Waals surface area contributed by atoms with Gasteiger partial charge in [-0.1, -0.05) is 0 Å². The second-order valence-electron chi connectivity index (χ2n) is 6.06. The molecule has 0 saturated carbocycles. The highest BCUT2D eigenvalue weighted by Gasteiger charge is 2.15. The zero-order chi connectivity index (χ0) is 17.2. The lowest BCUT2D eigenvalue weighted by Gasteiger charge is -2.13. The molecule has 0 saturated heterocycles. The number of carbonyl (C=O) groups excluding carboxylic acids is 1. The Morgan fingerprint density at radius 2 is 2.24 bits per heavy atom. The number of fused-ring (bicyclic) bond motifs is 4. The second kappa shape index (κ2) is 6.46. The summed E-state index contributed by atoms with van der Waals surface area (Å²) in [5, 5.41) is 15.5. The van der Waals surface area contributed by atoms with Crippen molar-refractivity contribution in [2.75, 3.05) is 19.8 Å². The third-order valence-electron chi connectivity index (χ3n) is 4.18. The van der Waals surface area contributed by atoms with Gasteiger partial charge >= 0.3 is 6.09 Å². The molecule has 1 aliphatic heterocycles. The molecular weight excluding hydrogens is 322 g/mol. The van der Waals surface area contributed by atoms with Crippen molar-refractivity contribution in [3.05, 3.63) is 30.6 Å². The SMILES string of the molecule is CC1COC(=O)NCCCOc2ccc3[nH]nc(c3c2)-c2cnn1c2. The number of hydrogen-bond acceptors (Lipinski definition) is 5. The summed E-state index contributed by atoms with van der Waals surface area (Å²) in [5.41, 5.74) is 2.66. The highest BCUT2D eigenvalue weighted by atomic mass is 16.5. The van der Waals surface area contributed by atoms with Gasteiger partial charge in [0.25, 0.3) is 0 Å². The topological polar surface area (TPSA) is 94.1 Å². The summed E-state index contributed by atoms with van der Waals surface area (Å²) in [4.78, 5) is 11.7. The van der Waals surface area contributed by atoms with Crippen molar-refractivity contribution in [3.63, 3.8) is 0 Å². The van der Waals surface area contributed by atoms with E-state index < -0.39 is 6.09 Å². The molecule has 4 bridgehead atoms. The minimum absolute atomic E-state index is 0.0727. The van der Waals surface area contributed by atoms with Gasteiger partial charge in [0.15, 0.2) is 0 Å². The van der Waals surface area contributed by atoms with Crippen molar-refractivity contribution in [2.45, 2.75) is 19.4 Å². The van der Waals surface area contributed by atoms with E-state index in [0.29, 0.717) is 19.6 Å². The van der Waals surface area contributed by atoms with E-state index in [0.717, 1.165) is 27.9 Å². The number of benzene rings is 1. The fourth-order valence-corrected chi connectivity index (χ4v) is 2.78. The average Bonchev–Trinajstić information content (AvgIpc) is 3.25. The quantitative estimate of drug-likeness (QED) is 0.655. The van der Waals surface area contributed by atoms with Gasteiger partial charge in [0.1, 0.15) is 18.1 Å². The number of H-pyrrole nitrogens is 1. The molecule has 0 radical (unpaired) electrons. The smallest absolute Gasteiger partial charge is 0.407 e. The molecule has 1 amide bonds. The standard InChI is InChI=1S/C17H19N5O3/c1-11-10-25-17(23)18-5-2-6-24-13-3-4-15-14(7-13)16(21-20-15)12-8-19-22(11)9-12/h3-4,7-9,11H,2,5-6,10H2,1H3,(H,18,23)(H,20,21).